The summed E-state index contributed by atoms with van der Waals surface area (Å²) in [6.07, 6.45) is 3.26. The molecular weight excluding hydrogens is 410 g/mol. The molecule has 1 aromatic carbocycles. The van der Waals surface area contributed by atoms with E-state index >= 15 is 0 Å². The fourth-order valence-electron chi connectivity index (χ4n) is 4.12. The van der Waals surface area contributed by atoms with Crippen LogP contribution in [0.1, 0.15) is 24.1 Å². The SMILES string of the molecule is CCOc1cccc(/C(O)=C2\C(=O)C(=O)N(CCN3CCOCC3)C2c2cccnc2)c1. The van der Waals surface area contributed by atoms with Gasteiger partial charge in [0, 0.05) is 44.1 Å². The van der Waals surface area contributed by atoms with Crippen LogP contribution in [0.5, 0.6) is 5.75 Å². The number of carbonyl (C=O) groups excluding carboxylic acids is 2. The van der Waals surface area contributed by atoms with Gasteiger partial charge in [0.25, 0.3) is 11.7 Å². The Kier molecular flexibility index (Phi) is 6.82. The average molecular weight is 437 g/mol. The molecule has 0 aliphatic carbocycles. The van der Waals surface area contributed by atoms with E-state index in [1.807, 2.05) is 13.0 Å². The minimum Gasteiger partial charge on any atom is -0.507 e. The molecule has 8 heteroatoms. The van der Waals surface area contributed by atoms with Gasteiger partial charge in [-0.1, -0.05) is 18.2 Å². The van der Waals surface area contributed by atoms with E-state index in [0.29, 0.717) is 49.8 Å². The number of hydrogen-bond acceptors (Lipinski definition) is 7. The van der Waals surface area contributed by atoms with Gasteiger partial charge in [-0.05, 0) is 30.7 Å². The lowest BCUT2D eigenvalue weighted by atomic mass is 9.96. The number of hydrogen-bond donors (Lipinski definition) is 1. The van der Waals surface area contributed by atoms with Crippen LogP contribution in [0.15, 0.2) is 54.4 Å². The predicted octanol–water partition coefficient (Wildman–Crippen LogP) is 2.23. The lowest BCUT2D eigenvalue weighted by Crippen LogP contribution is -2.42. The number of carbonyl (C=O) groups is 2. The Labute approximate surface area is 187 Å². The predicted molar refractivity (Wildman–Crippen MR) is 118 cm³/mol. The number of Topliss-reactive ketones (excluding diaryl/α,β-unsaturated/α-hetero) is 1. The Morgan fingerprint density at radius 3 is 2.72 bits per heavy atom. The normalized spacial score (nSPS) is 21.2. The van der Waals surface area contributed by atoms with Crippen molar-refractivity contribution < 1.29 is 24.2 Å². The zero-order valence-electron chi connectivity index (χ0n) is 18.1. The first-order chi connectivity index (χ1) is 15.6. The summed E-state index contributed by atoms with van der Waals surface area (Å²) in [5.41, 5.74) is 1.17. The second-order valence-corrected chi connectivity index (χ2v) is 7.69. The number of nitrogens with zero attached hydrogens (tertiary/aromatic N) is 3. The number of aromatic nitrogens is 1. The first-order valence-electron chi connectivity index (χ1n) is 10.8. The van der Waals surface area contributed by atoms with Crippen LogP contribution in [0.2, 0.25) is 0 Å². The molecule has 2 aliphatic rings. The zero-order valence-corrected chi connectivity index (χ0v) is 18.1. The van der Waals surface area contributed by atoms with E-state index in [2.05, 4.69) is 9.88 Å². The van der Waals surface area contributed by atoms with Crippen LogP contribution in [0, 0.1) is 0 Å². The van der Waals surface area contributed by atoms with E-state index < -0.39 is 17.7 Å². The molecule has 3 heterocycles. The lowest BCUT2D eigenvalue weighted by molar-refractivity contribution is -0.140. The summed E-state index contributed by atoms with van der Waals surface area (Å²) in [4.78, 5) is 34.0. The Balaban J connectivity index is 1.71. The highest BCUT2D eigenvalue weighted by atomic mass is 16.5. The third-order valence-electron chi connectivity index (χ3n) is 5.72. The standard InChI is InChI=1S/C24H27N3O5/c1-2-32-19-7-3-5-17(15-19)22(28)20-21(18-6-4-8-25-16-18)27(24(30)23(20)29)10-9-26-11-13-31-14-12-26/h3-8,15-16,21,28H,2,9-14H2,1H3/b22-20+. The lowest BCUT2D eigenvalue weighted by Gasteiger charge is -2.30. The van der Waals surface area contributed by atoms with Crippen molar-refractivity contribution in [3.05, 3.63) is 65.5 Å². The maximum Gasteiger partial charge on any atom is 0.295 e. The van der Waals surface area contributed by atoms with Crippen LogP contribution in [-0.4, -0.2) is 77.6 Å². The van der Waals surface area contributed by atoms with Crippen molar-refractivity contribution in [2.45, 2.75) is 13.0 Å². The monoisotopic (exact) mass is 437 g/mol. The van der Waals surface area contributed by atoms with Crippen molar-refractivity contribution in [2.24, 2.45) is 0 Å². The van der Waals surface area contributed by atoms with Crippen LogP contribution in [-0.2, 0) is 14.3 Å². The second kappa shape index (κ2) is 9.93. The van der Waals surface area contributed by atoms with E-state index in [0.717, 1.165) is 13.1 Å². The molecular formula is C24H27N3O5. The maximum atomic E-state index is 13.1. The van der Waals surface area contributed by atoms with Gasteiger partial charge in [0.05, 0.1) is 31.4 Å². The highest BCUT2D eigenvalue weighted by Crippen LogP contribution is 2.39. The van der Waals surface area contributed by atoms with E-state index in [9.17, 15) is 14.7 Å². The Morgan fingerprint density at radius 1 is 1.19 bits per heavy atom. The van der Waals surface area contributed by atoms with Gasteiger partial charge in [0.1, 0.15) is 11.5 Å². The number of morpholine rings is 1. The summed E-state index contributed by atoms with van der Waals surface area (Å²) in [5.74, 6) is -0.946. The molecule has 1 atom stereocenters. The Hall–Kier alpha value is -3.23. The van der Waals surface area contributed by atoms with Crippen molar-refractivity contribution in [2.75, 3.05) is 46.0 Å². The van der Waals surface area contributed by atoms with E-state index in [-0.39, 0.29) is 11.3 Å². The fraction of sp³-hybridized carbons (Fsp3) is 0.375. The van der Waals surface area contributed by atoms with Gasteiger partial charge in [0.2, 0.25) is 0 Å². The van der Waals surface area contributed by atoms with Crippen molar-refractivity contribution >= 4 is 17.4 Å². The van der Waals surface area contributed by atoms with Crippen LogP contribution in [0.25, 0.3) is 5.76 Å². The van der Waals surface area contributed by atoms with Gasteiger partial charge < -0.3 is 19.5 Å². The van der Waals surface area contributed by atoms with E-state index in [4.69, 9.17) is 9.47 Å². The molecule has 1 N–H and O–H groups in total. The highest BCUT2D eigenvalue weighted by molar-refractivity contribution is 6.46. The maximum absolute atomic E-state index is 13.1. The Bertz CT molecular complexity index is 1000. The molecule has 0 radical (unpaired) electrons. The van der Waals surface area contributed by atoms with Crippen LogP contribution >= 0.6 is 0 Å². The molecule has 168 valence electrons. The van der Waals surface area contributed by atoms with Crippen LogP contribution in [0.3, 0.4) is 0 Å². The number of rotatable bonds is 7. The summed E-state index contributed by atoms with van der Waals surface area (Å²) in [6.45, 7) is 6.20. The molecule has 2 aliphatic heterocycles. The number of benzene rings is 1. The van der Waals surface area contributed by atoms with Gasteiger partial charge in [0.15, 0.2) is 0 Å². The third-order valence-corrected chi connectivity index (χ3v) is 5.72. The van der Waals surface area contributed by atoms with Gasteiger partial charge in [-0.25, -0.2) is 0 Å². The molecule has 1 amide bonds. The first kappa shape index (κ1) is 22.0. The highest BCUT2D eigenvalue weighted by Gasteiger charge is 2.46. The summed E-state index contributed by atoms with van der Waals surface area (Å²) in [5, 5.41) is 11.1. The third kappa shape index (κ3) is 4.51. The molecule has 8 nitrogen and oxygen atoms in total. The molecule has 32 heavy (non-hydrogen) atoms. The number of aliphatic hydroxyl groups excluding tert-OH is 1. The molecule has 0 spiro atoms. The molecule has 4 rings (SSSR count). The molecule has 1 aromatic heterocycles. The molecule has 0 bridgehead atoms. The summed E-state index contributed by atoms with van der Waals surface area (Å²) >= 11 is 0. The van der Waals surface area contributed by atoms with Gasteiger partial charge in [-0.15, -0.1) is 0 Å². The quantitative estimate of drug-likeness (QED) is 0.403. The first-order valence-corrected chi connectivity index (χ1v) is 10.8. The topological polar surface area (TPSA) is 92.2 Å². The fourth-order valence-corrected chi connectivity index (χ4v) is 4.12. The molecule has 0 saturated carbocycles. The van der Waals surface area contributed by atoms with E-state index in [1.54, 1.807) is 42.7 Å². The zero-order chi connectivity index (χ0) is 22.5. The molecule has 2 fully saturated rings. The minimum atomic E-state index is -0.708. The van der Waals surface area contributed by atoms with Crippen molar-refractivity contribution in [1.29, 1.82) is 0 Å². The smallest absolute Gasteiger partial charge is 0.295 e. The number of aliphatic hydroxyl groups is 1. The number of ketones is 1. The largest absolute Gasteiger partial charge is 0.507 e. The average Bonchev–Trinajstić information content (AvgIpc) is 3.09. The van der Waals surface area contributed by atoms with Crippen molar-refractivity contribution in [1.82, 2.24) is 14.8 Å². The van der Waals surface area contributed by atoms with E-state index in [1.165, 1.54) is 4.90 Å². The minimum absolute atomic E-state index is 0.0682. The number of pyridine rings is 1. The van der Waals surface area contributed by atoms with Crippen molar-refractivity contribution in [3.63, 3.8) is 0 Å². The summed E-state index contributed by atoms with van der Waals surface area (Å²) < 4.78 is 10.9. The van der Waals surface area contributed by atoms with Crippen LogP contribution < -0.4 is 4.74 Å². The van der Waals surface area contributed by atoms with Gasteiger partial charge >= 0.3 is 0 Å². The van der Waals surface area contributed by atoms with Crippen molar-refractivity contribution in [3.8, 4) is 5.75 Å². The second-order valence-electron chi connectivity index (χ2n) is 7.69. The number of amides is 1. The van der Waals surface area contributed by atoms with Gasteiger partial charge in [-0.3, -0.25) is 19.5 Å². The molecule has 2 aromatic rings. The van der Waals surface area contributed by atoms with Crippen LogP contribution in [0.4, 0.5) is 0 Å². The number of likely N-dealkylation sites (tertiary alicyclic amines) is 1. The summed E-state index contributed by atoms with van der Waals surface area (Å²) in [6, 6.07) is 9.75. The number of ether oxygens (including phenoxy) is 2. The van der Waals surface area contributed by atoms with Gasteiger partial charge in [-0.2, -0.15) is 0 Å². The molecule has 1 unspecified atom stereocenters. The summed E-state index contributed by atoms with van der Waals surface area (Å²) in [7, 11) is 0. The Morgan fingerprint density at radius 2 is 2.00 bits per heavy atom. The molecule has 2 saturated heterocycles.